The number of nitrogens with zero attached hydrogens (tertiary/aromatic N) is 1. The van der Waals surface area contributed by atoms with Crippen molar-refractivity contribution < 1.29 is 27.2 Å². The van der Waals surface area contributed by atoms with Crippen LogP contribution < -0.4 is 5.32 Å². The predicted molar refractivity (Wildman–Crippen MR) is 64.0 cm³/mol. The monoisotopic (exact) mass is 292 g/mol. The normalized spacial score (nSPS) is 11.3. The molecule has 0 aliphatic rings. The van der Waals surface area contributed by atoms with Crippen LogP contribution in [0.2, 0.25) is 0 Å². The second-order valence-electron chi connectivity index (χ2n) is 4.15. The summed E-state index contributed by atoms with van der Waals surface area (Å²) in [5.41, 5.74) is 0.166. The van der Waals surface area contributed by atoms with Gasteiger partial charge in [-0.2, -0.15) is 8.78 Å². The second-order valence-corrected chi connectivity index (χ2v) is 4.15. The van der Waals surface area contributed by atoms with Crippen LogP contribution in [-0.4, -0.2) is 43.2 Å². The van der Waals surface area contributed by atoms with Gasteiger partial charge >= 0.3 is 18.3 Å². The summed E-state index contributed by atoms with van der Waals surface area (Å²) in [7, 11) is 3.06. The molecule has 0 atom stereocenters. The van der Waals surface area contributed by atoms with Crippen LogP contribution in [0, 0.1) is 0 Å². The van der Waals surface area contributed by atoms with Crippen molar-refractivity contribution in [2.45, 2.75) is 12.3 Å². The van der Waals surface area contributed by atoms with Gasteiger partial charge in [-0.25, -0.2) is 8.78 Å². The summed E-state index contributed by atoms with van der Waals surface area (Å²) in [5, 5.41) is 1.67. The highest BCUT2D eigenvalue weighted by Gasteiger charge is 2.48. The van der Waals surface area contributed by atoms with Gasteiger partial charge < -0.3 is 10.2 Å². The average molecular weight is 292 g/mol. The van der Waals surface area contributed by atoms with Crippen LogP contribution in [-0.2, 0) is 4.79 Å². The lowest BCUT2D eigenvalue weighted by Crippen LogP contribution is -2.40. The summed E-state index contributed by atoms with van der Waals surface area (Å²) in [6.45, 7) is 0. The Hall–Kier alpha value is -2.12. The number of anilines is 1. The van der Waals surface area contributed by atoms with Gasteiger partial charge in [0.1, 0.15) is 0 Å². The van der Waals surface area contributed by atoms with Crippen molar-refractivity contribution in [2.24, 2.45) is 0 Å². The number of alkyl halides is 4. The van der Waals surface area contributed by atoms with Gasteiger partial charge in [0.2, 0.25) is 0 Å². The molecule has 1 aromatic rings. The largest absolute Gasteiger partial charge is 0.383 e. The van der Waals surface area contributed by atoms with Gasteiger partial charge in [-0.3, -0.25) is 9.59 Å². The molecule has 0 heterocycles. The van der Waals surface area contributed by atoms with Crippen molar-refractivity contribution in [3.8, 4) is 0 Å². The molecule has 1 aromatic carbocycles. The number of halogens is 4. The van der Waals surface area contributed by atoms with Crippen molar-refractivity contribution in [1.82, 2.24) is 4.90 Å². The van der Waals surface area contributed by atoms with E-state index < -0.39 is 18.3 Å². The molecular weight excluding hydrogens is 280 g/mol. The topological polar surface area (TPSA) is 49.4 Å². The molecule has 4 nitrogen and oxygen atoms in total. The summed E-state index contributed by atoms with van der Waals surface area (Å²) < 4.78 is 49.4. The highest BCUT2D eigenvalue weighted by atomic mass is 19.3. The number of hydrogen-bond donors (Lipinski definition) is 1. The number of rotatable bonds is 4. The number of nitrogens with one attached hydrogen (secondary N) is 1. The highest BCUT2D eigenvalue weighted by molar-refractivity contribution is 5.98. The summed E-state index contributed by atoms with van der Waals surface area (Å²) in [6, 6.07) is 4.93. The van der Waals surface area contributed by atoms with Crippen LogP contribution in [0.25, 0.3) is 0 Å². The number of hydrogen-bond acceptors (Lipinski definition) is 2. The Labute approximate surface area is 112 Å². The lowest BCUT2D eigenvalue weighted by atomic mass is 10.2. The molecule has 0 radical (unpaired) electrons. The molecule has 20 heavy (non-hydrogen) atoms. The zero-order valence-corrected chi connectivity index (χ0v) is 10.7. The van der Waals surface area contributed by atoms with Crippen LogP contribution in [0.3, 0.4) is 0 Å². The number of amides is 2. The molecule has 0 fully saturated rings. The molecule has 0 saturated heterocycles. The van der Waals surface area contributed by atoms with Gasteiger partial charge in [0, 0.05) is 25.3 Å². The van der Waals surface area contributed by atoms with E-state index in [0.29, 0.717) is 0 Å². The van der Waals surface area contributed by atoms with E-state index in [1.165, 1.54) is 43.3 Å². The first-order valence-corrected chi connectivity index (χ1v) is 5.45. The zero-order chi connectivity index (χ0) is 15.5. The van der Waals surface area contributed by atoms with Gasteiger partial charge in [-0.15, -0.1) is 0 Å². The first-order valence-electron chi connectivity index (χ1n) is 5.45. The molecule has 0 aliphatic carbocycles. The summed E-state index contributed by atoms with van der Waals surface area (Å²) >= 11 is 0. The Morgan fingerprint density at radius 2 is 1.65 bits per heavy atom. The summed E-state index contributed by atoms with van der Waals surface area (Å²) in [5.74, 6) is -7.18. The van der Waals surface area contributed by atoms with Crippen LogP contribution in [0.15, 0.2) is 24.3 Å². The molecule has 1 rings (SSSR count). The lowest BCUT2D eigenvalue weighted by molar-refractivity contribution is -0.163. The molecule has 110 valence electrons. The Balaban J connectivity index is 2.81. The summed E-state index contributed by atoms with van der Waals surface area (Å²) in [6.07, 6.45) is -4.09. The van der Waals surface area contributed by atoms with E-state index in [-0.39, 0.29) is 17.2 Å². The molecule has 0 aliphatic heterocycles. The fourth-order valence-corrected chi connectivity index (χ4v) is 1.27. The van der Waals surface area contributed by atoms with Gasteiger partial charge in [0.05, 0.1) is 0 Å². The van der Waals surface area contributed by atoms with Crippen molar-refractivity contribution in [2.75, 3.05) is 19.4 Å². The van der Waals surface area contributed by atoms with E-state index in [0.717, 1.165) is 0 Å². The van der Waals surface area contributed by atoms with Crippen LogP contribution >= 0.6 is 0 Å². The quantitative estimate of drug-likeness (QED) is 0.865. The predicted octanol–water partition coefficient (Wildman–Crippen LogP) is 2.23. The van der Waals surface area contributed by atoms with E-state index in [1.807, 2.05) is 0 Å². The van der Waals surface area contributed by atoms with Crippen molar-refractivity contribution in [1.29, 1.82) is 0 Å². The minimum atomic E-state index is -4.77. The van der Waals surface area contributed by atoms with Gasteiger partial charge in [-0.05, 0) is 24.3 Å². The second kappa shape index (κ2) is 5.89. The maximum absolute atomic E-state index is 12.7. The Morgan fingerprint density at radius 3 is 2.05 bits per heavy atom. The highest BCUT2D eigenvalue weighted by Crippen LogP contribution is 2.24. The molecule has 0 spiro atoms. The van der Waals surface area contributed by atoms with Crippen molar-refractivity contribution in [3.05, 3.63) is 29.8 Å². The smallest absolute Gasteiger partial charge is 0.345 e. The third-order valence-electron chi connectivity index (χ3n) is 2.37. The number of carbonyl (C=O) groups is 2. The van der Waals surface area contributed by atoms with Gasteiger partial charge in [0.15, 0.2) is 0 Å². The van der Waals surface area contributed by atoms with Crippen molar-refractivity contribution >= 4 is 17.5 Å². The SMILES string of the molecule is CN(C)C(=O)c1ccc(NC(=O)C(F)(F)C(F)F)cc1. The third-order valence-corrected chi connectivity index (χ3v) is 2.37. The minimum Gasteiger partial charge on any atom is -0.345 e. The van der Waals surface area contributed by atoms with E-state index in [1.54, 1.807) is 5.32 Å². The van der Waals surface area contributed by atoms with Gasteiger partial charge in [0.25, 0.3) is 5.91 Å². The van der Waals surface area contributed by atoms with Gasteiger partial charge in [-0.1, -0.05) is 0 Å². The van der Waals surface area contributed by atoms with Crippen LogP contribution in [0.1, 0.15) is 10.4 Å². The standard InChI is InChI=1S/C12H12F4N2O2/c1-18(2)9(19)7-3-5-8(6-4-7)17-11(20)12(15,16)10(13)14/h3-6,10H,1-2H3,(H,17,20). The summed E-state index contributed by atoms with van der Waals surface area (Å²) in [4.78, 5) is 23.8. The molecule has 0 bridgehead atoms. The van der Waals surface area contributed by atoms with E-state index in [2.05, 4.69) is 0 Å². The fourth-order valence-electron chi connectivity index (χ4n) is 1.27. The zero-order valence-electron chi connectivity index (χ0n) is 10.7. The average Bonchev–Trinajstić information content (AvgIpc) is 2.38. The molecule has 1 N–H and O–H groups in total. The molecule has 0 unspecified atom stereocenters. The molecule has 8 heteroatoms. The minimum absolute atomic E-state index is 0.106. The molecule has 0 aromatic heterocycles. The van der Waals surface area contributed by atoms with E-state index in [9.17, 15) is 27.2 Å². The molecule has 2 amide bonds. The number of carbonyl (C=O) groups excluding carboxylic acids is 2. The van der Waals surface area contributed by atoms with E-state index >= 15 is 0 Å². The van der Waals surface area contributed by atoms with Crippen molar-refractivity contribution in [3.63, 3.8) is 0 Å². The fraction of sp³-hybridized carbons (Fsp3) is 0.333. The molecule has 0 saturated carbocycles. The Morgan fingerprint density at radius 1 is 1.15 bits per heavy atom. The Kier molecular flexibility index (Phi) is 4.69. The maximum Gasteiger partial charge on any atom is 0.383 e. The van der Waals surface area contributed by atoms with Crippen LogP contribution in [0.4, 0.5) is 23.2 Å². The molecular formula is C12H12F4N2O2. The third kappa shape index (κ3) is 3.46. The van der Waals surface area contributed by atoms with E-state index in [4.69, 9.17) is 0 Å². The lowest BCUT2D eigenvalue weighted by Gasteiger charge is -2.15. The first-order chi connectivity index (χ1) is 9.16. The maximum atomic E-state index is 12.7. The van der Waals surface area contributed by atoms with Crippen LogP contribution in [0.5, 0.6) is 0 Å². The first kappa shape index (κ1) is 15.9. The Bertz CT molecular complexity index is 501. The number of benzene rings is 1.